The molecular weight excluding hydrogens is 372 g/mol. The highest BCUT2D eigenvalue weighted by atomic mass is 32.2. The van der Waals surface area contributed by atoms with Crippen LogP contribution in [-0.4, -0.2) is 63.6 Å². The van der Waals surface area contributed by atoms with Crippen molar-refractivity contribution in [3.8, 4) is 0 Å². The van der Waals surface area contributed by atoms with Gasteiger partial charge in [0.15, 0.2) is 0 Å². The van der Waals surface area contributed by atoms with Crippen LogP contribution in [-0.2, 0) is 22.2 Å². The van der Waals surface area contributed by atoms with Gasteiger partial charge < -0.3 is 0 Å². The highest BCUT2D eigenvalue weighted by molar-refractivity contribution is 7.89. The van der Waals surface area contributed by atoms with Crippen LogP contribution in [0.15, 0.2) is 35.2 Å². The molecule has 0 N–H and O–H groups in total. The molecule has 10 heteroatoms. The van der Waals surface area contributed by atoms with Crippen LogP contribution in [0.2, 0.25) is 0 Å². The number of sulfonamides is 1. The molecule has 1 fully saturated rings. The van der Waals surface area contributed by atoms with Gasteiger partial charge in [-0.1, -0.05) is 18.2 Å². The summed E-state index contributed by atoms with van der Waals surface area (Å²) in [5, 5.41) is 8.28. The fraction of sp³-hybridized carbons (Fsp3) is 0.562. The van der Waals surface area contributed by atoms with E-state index in [2.05, 4.69) is 15.3 Å². The summed E-state index contributed by atoms with van der Waals surface area (Å²) in [5.74, 6) is 0. The van der Waals surface area contributed by atoms with Gasteiger partial charge in [0.2, 0.25) is 14.8 Å². The molecule has 0 unspecified atom stereocenters. The third-order valence-corrected chi connectivity index (χ3v) is 6.62. The van der Waals surface area contributed by atoms with Crippen LogP contribution in [0.1, 0.15) is 20.8 Å². The van der Waals surface area contributed by atoms with Crippen LogP contribution in [0.25, 0.3) is 0 Å². The number of tetrazole rings is 1. The standard InChI is InChI=1S/C16H24N6O2S2/c1-16(2,3)22-15(25)21(17-18-22)13-19-9-11-20(12-10-19)26(23,24)14-7-5-4-6-8-14/h4-8H,9-13H2,1-3H3. The van der Waals surface area contributed by atoms with Gasteiger partial charge in [-0.05, 0) is 55.5 Å². The third kappa shape index (κ3) is 3.88. The van der Waals surface area contributed by atoms with E-state index in [1.54, 1.807) is 33.6 Å². The van der Waals surface area contributed by atoms with E-state index in [9.17, 15) is 8.42 Å². The summed E-state index contributed by atoms with van der Waals surface area (Å²) in [6.07, 6.45) is 0. The smallest absolute Gasteiger partial charge is 0.243 e. The summed E-state index contributed by atoms with van der Waals surface area (Å²) in [5.41, 5.74) is -0.224. The number of aromatic nitrogens is 4. The second-order valence-electron chi connectivity index (χ2n) is 7.32. The van der Waals surface area contributed by atoms with Gasteiger partial charge >= 0.3 is 0 Å². The fourth-order valence-corrected chi connectivity index (χ4v) is 4.67. The quantitative estimate of drug-likeness (QED) is 0.730. The fourth-order valence-electron chi connectivity index (χ4n) is 2.83. The maximum atomic E-state index is 12.7. The molecule has 1 aromatic heterocycles. The number of nitrogens with zero attached hydrogens (tertiary/aromatic N) is 6. The monoisotopic (exact) mass is 396 g/mol. The highest BCUT2D eigenvalue weighted by Crippen LogP contribution is 2.18. The van der Waals surface area contributed by atoms with E-state index in [1.165, 1.54) is 4.31 Å². The Morgan fingerprint density at radius 2 is 1.65 bits per heavy atom. The topological polar surface area (TPSA) is 76.3 Å². The predicted octanol–water partition coefficient (Wildman–Crippen LogP) is 1.53. The first kappa shape index (κ1) is 19.2. The molecule has 1 aliphatic rings. The molecule has 1 aromatic carbocycles. The molecule has 8 nitrogen and oxygen atoms in total. The molecule has 3 rings (SSSR count). The van der Waals surface area contributed by atoms with Crippen molar-refractivity contribution >= 4 is 22.2 Å². The summed E-state index contributed by atoms with van der Waals surface area (Å²) in [6.45, 7) is 8.70. The summed E-state index contributed by atoms with van der Waals surface area (Å²) >= 11 is 5.46. The molecule has 0 bridgehead atoms. The van der Waals surface area contributed by atoms with Crippen LogP contribution < -0.4 is 0 Å². The lowest BCUT2D eigenvalue weighted by Gasteiger charge is -2.33. The Kier molecular flexibility index (Phi) is 5.29. The molecule has 26 heavy (non-hydrogen) atoms. The maximum Gasteiger partial charge on any atom is 0.243 e. The molecule has 0 aliphatic carbocycles. The first-order chi connectivity index (χ1) is 12.2. The van der Waals surface area contributed by atoms with E-state index in [1.807, 2.05) is 26.8 Å². The Morgan fingerprint density at radius 1 is 1.04 bits per heavy atom. The van der Waals surface area contributed by atoms with Gasteiger partial charge in [-0.3, -0.25) is 4.90 Å². The number of piperazine rings is 1. The lowest BCUT2D eigenvalue weighted by atomic mass is 10.1. The van der Waals surface area contributed by atoms with E-state index in [-0.39, 0.29) is 5.54 Å². The molecule has 0 radical (unpaired) electrons. The Balaban J connectivity index is 1.65. The van der Waals surface area contributed by atoms with Gasteiger partial charge in [-0.25, -0.2) is 17.8 Å². The van der Waals surface area contributed by atoms with E-state index in [4.69, 9.17) is 12.2 Å². The Hall–Kier alpha value is -1.62. The largest absolute Gasteiger partial charge is 0.282 e. The molecular formula is C16H24N6O2S2. The molecule has 0 spiro atoms. The van der Waals surface area contributed by atoms with Gasteiger partial charge in [0.25, 0.3) is 0 Å². The van der Waals surface area contributed by atoms with Crippen molar-refractivity contribution in [1.29, 1.82) is 0 Å². The zero-order valence-electron chi connectivity index (χ0n) is 15.2. The van der Waals surface area contributed by atoms with Crippen molar-refractivity contribution in [3.05, 3.63) is 35.1 Å². The molecule has 1 saturated heterocycles. The zero-order valence-corrected chi connectivity index (χ0v) is 16.9. The maximum absolute atomic E-state index is 12.7. The second-order valence-corrected chi connectivity index (χ2v) is 9.62. The number of hydrogen-bond acceptors (Lipinski definition) is 6. The highest BCUT2D eigenvalue weighted by Gasteiger charge is 2.28. The van der Waals surface area contributed by atoms with Gasteiger partial charge in [-0.15, -0.1) is 0 Å². The van der Waals surface area contributed by atoms with Crippen molar-refractivity contribution < 1.29 is 8.42 Å². The minimum Gasteiger partial charge on any atom is -0.282 e. The molecule has 2 aromatic rings. The SMILES string of the molecule is CC(C)(C)n1nnn(CN2CCN(S(=O)(=O)c3ccccc3)CC2)c1=S. The van der Waals surface area contributed by atoms with Crippen molar-refractivity contribution in [1.82, 2.24) is 29.0 Å². The lowest BCUT2D eigenvalue weighted by molar-refractivity contribution is 0.143. The number of hydrogen-bond donors (Lipinski definition) is 0. The minimum atomic E-state index is -3.43. The third-order valence-electron chi connectivity index (χ3n) is 4.32. The van der Waals surface area contributed by atoms with E-state index in [0.717, 1.165) is 0 Å². The summed E-state index contributed by atoms with van der Waals surface area (Å²) in [4.78, 5) is 2.47. The molecule has 1 aliphatic heterocycles. The van der Waals surface area contributed by atoms with Crippen molar-refractivity contribution in [2.45, 2.75) is 37.9 Å². The van der Waals surface area contributed by atoms with Crippen molar-refractivity contribution in [2.24, 2.45) is 0 Å². The van der Waals surface area contributed by atoms with Gasteiger partial charge in [0.1, 0.15) is 0 Å². The Labute approximate surface area is 159 Å². The Bertz CT molecular complexity index is 906. The van der Waals surface area contributed by atoms with Crippen molar-refractivity contribution in [3.63, 3.8) is 0 Å². The van der Waals surface area contributed by atoms with E-state index >= 15 is 0 Å². The average molecular weight is 397 g/mol. The second kappa shape index (κ2) is 7.18. The van der Waals surface area contributed by atoms with Crippen LogP contribution in [0.5, 0.6) is 0 Å². The zero-order chi connectivity index (χ0) is 18.9. The van der Waals surface area contributed by atoms with Gasteiger partial charge in [-0.2, -0.15) is 4.31 Å². The molecule has 2 heterocycles. The van der Waals surface area contributed by atoms with Gasteiger partial charge in [0, 0.05) is 26.2 Å². The normalized spacial score (nSPS) is 17.5. The first-order valence-electron chi connectivity index (χ1n) is 8.50. The summed E-state index contributed by atoms with van der Waals surface area (Å²) in [7, 11) is -3.43. The Morgan fingerprint density at radius 3 is 2.19 bits per heavy atom. The first-order valence-corrected chi connectivity index (χ1v) is 10.4. The number of benzene rings is 1. The minimum absolute atomic E-state index is 0.224. The average Bonchev–Trinajstić information content (AvgIpc) is 2.97. The van der Waals surface area contributed by atoms with Gasteiger partial charge in [0.05, 0.1) is 17.1 Å². The molecule has 0 amide bonds. The van der Waals surface area contributed by atoms with Crippen LogP contribution in [0.4, 0.5) is 0 Å². The number of rotatable bonds is 4. The summed E-state index contributed by atoms with van der Waals surface area (Å²) < 4.78 is 30.9. The van der Waals surface area contributed by atoms with Crippen LogP contribution >= 0.6 is 12.2 Å². The van der Waals surface area contributed by atoms with E-state index < -0.39 is 10.0 Å². The molecule has 142 valence electrons. The lowest BCUT2D eigenvalue weighted by Crippen LogP contribution is -2.48. The predicted molar refractivity (Wildman–Crippen MR) is 101 cm³/mol. The van der Waals surface area contributed by atoms with Crippen LogP contribution in [0, 0.1) is 4.77 Å². The summed E-state index contributed by atoms with van der Waals surface area (Å²) in [6, 6.07) is 8.55. The van der Waals surface area contributed by atoms with Crippen LogP contribution in [0.3, 0.4) is 0 Å². The van der Waals surface area contributed by atoms with Crippen molar-refractivity contribution in [2.75, 3.05) is 26.2 Å². The molecule has 0 saturated carbocycles. The molecule has 0 atom stereocenters. The van der Waals surface area contributed by atoms with E-state index in [0.29, 0.717) is 42.5 Å².